The average Bonchev–Trinajstić information content (AvgIpc) is 2.39. The highest BCUT2D eigenvalue weighted by Gasteiger charge is 2.09. The largest absolute Gasteiger partial charge is 0.371 e. The smallest absolute Gasteiger partial charge is 0.0767 e. The monoisotopic (exact) mass is 229 g/mol. The first-order valence-corrected chi connectivity index (χ1v) is 6.13. The van der Waals surface area contributed by atoms with Crippen molar-refractivity contribution in [2.45, 2.75) is 20.4 Å². The molecule has 0 fully saturated rings. The van der Waals surface area contributed by atoms with Crippen LogP contribution in [0.25, 0.3) is 10.9 Å². The Kier molecular flexibility index (Phi) is 3.59. The number of fused-ring (bicyclic) bond motifs is 1. The van der Waals surface area contributed by atoms with Crippen molar-refractivity contribution in [1.82, 2.24) is 4.98 Å². The summed E-state index contributed by atoms with van der Waals surface area (Å²) in [4.78, 5) is 6.79. The molecule has 3 heteroatoms. The number of benzene rings is 1. The van der Waals surface area contributed by atoms with Gasteiger partial charge in [-0.3, -0.25) is 4.98 Å². The highest BCUT2D eigenvalue weighted by molar-refractivity contribution is 5.93. The Labute approximate surface area is 102 Å². The van der Waals surface area contributed by atoms with Crippen LogP contribution in [0, 0.1) is 0 Å². The first kappa shape index (κ1) is 11.9. The van der Waals surface area contributed by atoms with Gasteiger partial charge in [0.25, 0.3) is 0 Å². The van der Waals surface area contributed by atoms with Gasteiger partial charge in [0, 0.05) is 36.9 Å². The Bertz CT molecular complexity index is 504. The molecule has 0 spiro atoms. The topological polar surface area (TPSA) is 42.2 Å². The van der Waals surface area contributed by atoms with Gasteiger partial charge in [0.2, 0.25) is 0 Å². The minimum Gasteiger partial charge on any atom is -0.371 e. The van der Waals surface area contributed by atoms with Crippen molar-refractivity contribution >= 4 is 16.6 Å². The lowest BCUT2D eigenvalue weighted by atomic mass is 10.1. The van der Waals surface area contributed by atoms with E-state index in [1.165, 1.54) is 11.1 Å². The van der Waals surface area contributed by atoms with Crippen molar-refractivity contribution in [3.63, 3.8) is 0 Å². The number of para-hydroxylation sites is 1. The van der Waals surface area contributed by atoms with Crippen molar-refractivity contribution in [1.29, 1.82) is 0 Å². The Hall–Kier alpha value is -1.61. The lowest BCUT2D eigenvalue weighted by molar-refractivity contribution is 0.869. The molecule has 0 unspecified atom stereocenters. The van der Waals surface area contributed by atoms with Crippen LogP contribution in [0.2, 0.25) is 0 Å². The van der Waals surface area contributed by atoms with Gasteiger partial charge in [0.1, 0.15) is 0 Å². The molecular weight excluding hydrogens is 210 g/mol. The number of pyridine rings is 1. The normalized spacial score (nSPS) is 10.8. The maximum Gasteiger partial charge on any atom is 0.0767 e. The van der Waals surface area contributed by atoms with E-state index in [2.05, 4.69) is 41.9 Å². The Balaban J connectivity index is 2.65. The minimum absolute atomic E-state index is 0.534. The van der Waals surface area contributed by atoms with Crippen LogP contribution in [0.3, 0.4) is 0 Å². The van der Waals surface area contributed by atoms with Gasteiger partial charge >= 0.3 is 0 Å². The number of anilines is 1. The number of nitrogens with zero attached hydrogens (tertiary/aromatic N) is 2. The van der Waals surface area contributed by atoms with Gasteiger partial charge in [-0.1, -0.05) is 18.2 Å². The summed E-state index contributed by atoms with van der Waals surface area (Å²) in [6, 6.07) is 8.30. The van der Waals surface area contributed by atoms with E-state index >= 15 is 0 Å². The van der Waals surface area contributed by atoms with Gasteiger partial charge in [-0.05, 0) is 25.5 Å². The molecule has 90 valence electrons. The maximum atomic E-state index is 5.75. The molecule has 2 N–H and O–H groups in total. The summed E-state index contributed by atoms with van der Waals surface area (Å²) >= 11 is 0. The molecule has 1 heterocycles. The van der Waals surface area contributed by atoms with Crippen molar-refractivity contribution < 1.29 is 0 Å². The average molecular weight is 229 g/mol. The van der Waals surface area contributed by atoms with Crippen LogP contribution in [-0.2, 0) is 6.54 Å². The first-order valence-electron chi connectivity index (χ1n) is 6.13. The van der Waals surface area contributed by atoms with Crippen molar-refractivity contribution in [3.8, 4) is 0 Å². The predicted molar refractivity (Wildman–Crippen MR) is 73.2 cm³/mol. The van der Waals surface area contributed by atoms with Gasteiger partial charge < -0.3 is 10.6 Å². The Morgan fingerprint density at radius 1 is 1.18 bits per heavy atom. The Morgan fingerprint density at radius 2 is 1.94 bits per heavy atom. The molecule has 0 radical (unpaired) electrons. The van der Waals surface area contributed by atoms with Crippen LogP contribution < -0.4 is 10.6 Å². The van der Waals surface area contributed by atoms with Crippen LogP contribution in [-0.4, -0.2) is 18.1 Å². The summed E-state index contributed by atoms with van der Waals surface area (Å²) in [5, 5.41) is 1.19. The molecule has 1 aromatic heterocycles. The van der Waals surface area contributed by atoms with Gasteiger partial charge in [0.05, 0.1) is 5.52 Å². The number of rotatable bonds is 4. The summed E-state index contributed by atoms with van der Waals surface area (Å²) in [6.07, 6.45) is 1.87. The van der Waals surface area contributed by atoms with Crippen LogP contribution in [0.1, 0.15) is 19.4 Å². The second kappa shape index (κ2) is 5.15. The molecule has 2 aromatic rings. The number of aromatic nitrogens is 1. The molecule has 17 heavy (non-hydrogen) atoms. The fourth-order valence-corrected chi connectivity index (χ4v) is 2.23. The highest BCUT2D eigenvalue weighted by atomic mass is 15.1. The molecule has 0 aliphatic carbocycles. The second-order valence-corrected chi connectivity index (χ2v) is 4.02. The number of hydrogen-bond acceptors (Lipinski definition) is 3. The van der Waals surface area contributed by atoms with Crippen molar-refractivity contribution in [3.05, 3.63) is 36.0 Å². The summed E-state index contributed by atoms with van der Waals surface area (Å²) in [6.45, 7) is 6.88. The van der Waals surface area contributed by atoms with Crippen LogP contribution in [0.4, 0.5) is 5.69 Å². The molecule has 0 saturated carbocycles. The molecule has 0 aliphatic heterocycles. The van der Waals surface area contributed by atoms with E-state index in [0.717, 1.165) is 24.2 Å². The lowest BCUT2D eigenvalue weighted by Crippen LogP contribution is -2.22. The molecule has 0 saturated heterocycles. The highest BCUT2D eigenvalue weighted by Crippen LogP contribution is 2.26. The fourth-order valence-electron chi connectivity index (χ4n) is 2.23. The molecule has 0 aliphatic rings. The zero-order chi connectivity index (χ0) is 12.3. The van der Waals surface area contributed by atoms with Gasteiger partial charge in [-0.2, -0.15) is 0 Å². The summed E-state index contributed by atoms with van der Waals surface area (Å²) in [7, 11) is 0. The van der Waals surface area contributed by atoms with E-state index in [9.17, 15) is 0 Å². The van der Waals surface area contributed by atoms with E-state index < -0.39 is 0 Å². The summed E-state index contributed by atoms with van der Waals surface area (Å²) in [5.74, 6) is 0. The van der Waals surface area contributed by atoms with Gasteiger partial charge in [0.15, 0.2) is 0 Å². The third-order valence-electron chi connectivity index (χ3n) is 3.16. The minimum atomic E-state index is 0.534. The standard InChI is InChI=1S/C14H19N3/c1-3-17(4-2)13-8-9-16-14-11(10-15)6-5-7-12(13)14/h5-9H,3-4,10,15H2,1-2H3. The number of hydrogen-bond donors (Lipinski definition) is 1. The van der Waals surface area contributed by atoms with Crippen LogP contribution >= 0.6 is 0 Å². The third kappa shape index (κ3) is 2.11. The SMILES string of the molecule is CCN(CC)c1ccnc2c(CN)cccc12. The molecule has 2 rings (SSSR count). The molecule has 1 aromatic carbocycles. The second-order valence-electron chi connectivity index (χ2n) is 4.02. The fraction of sp³-hybridized carbons (Fsp3) is 0.357. The molecule has 0 bridgehead atoms. The first-order chi connectivity index (χ1) is 8.31. The van der Waals surface area contributed by atoms with E-state index in [1.54, 1.807) is 0 Å². The lowest BCUT2D eigenvalue weighted by Gasteiger charge is -2.22. The Morgan fingerprint density at radius 3 is 2.59 bits per heavy atom. The summed E-state index contributed by atoms with van der Waals surface area (Å²) in [5.41, 5.74) is 9.13. The van der Waals surface area contributed by atoms with E-state index in [4.69, 9.17) is 5.73 Å². The van der Waals surface area contributed by atoms with Crippen LogP contribution in [0.5, 0.6) is 0 Å². The number of nitrogens with two attached hydrogens (primary N) is 1. The molecule has 0 atom stereocenters. The van der Waals surface area contributed by atoms with E-state index in [-0.39, 0.29) is 0 Å². The molecular formula is C14H19N3. The van der Waals surface area contributed by atoms with Gasteiger partial charge in [-0.15, -0.1) is 0 Å². The zero-order valence-corrected chi connectivity index (χ0v) is 10.5. The maximum absolute atomic E-state index is 5.75. The van der Waals surface area contributed by atoms with Crippen LogP contribution in [0.15, 0.2) is 30.5 Å². The van der Waals surface area contributed by atoms with Crippen molar-refractivity contribution in [2.75, 3.05) is 18.0 Å². The molecule has 0 amide bonds. The quantitative estimate of drug-likeness (QED) is 0.876. The van der Waals surface area contributed by atoms with Crippen molar-refractivity contribution in [2.24, 2.45) is 5.73 Å². The van der Waals surface area contributed by atoms with E-state index in [0.29, 0.717) is 6.54 Å². The molecule has 3 nitrogen and oxygen atoms in total. The van der Waals surface area contributed by atoms with Gasteiger partial charge in [-0.25, -0.2) is 0 Å². The third-order valence-corrected chi connectivity index (χ3v) is 3.16. The summed E-state index contributed by atoms with van der Waals surface area (Å²) < 4.78 is 0. The zero-order valence-electron chi connectivity index (χ0n) is 10.5. The van der Waals surface area contributed by atoms with E-state index in [1.807, 2.05) is 12.3 Å². The predicted octanol–water partition coefficient (Wildman–Crippen LogP) is 2.54.